The van der Waals surface area contributed by atoms with Gasteiger partial charge in [-0.1, -0.05) is 46.9 Å². The average Bonchev–Trinajstić information content (AvgIpc) is 3.08. The lowest BCUT2D eigenvalue weighted by molar-refractivity contribution is -0.111. The Labute approximate surface area is 162 Å². The maximum Gasteiger partial charge on any atom is 0.248 e. The highest BCUT2D eigenvalue weighted by Gasteiger charge is 2.19. The molecule has 3 nitrogen and oxygen atoms in total. The molecule has 1 aliphatic rings. The lowest BCUT2D eigenvalue weighted by atomic mass is 10.2. The number of hydrogen-bond acceptors (Lipinski definition) is 2. The van der Waals surface area contributed by atoms with Gasteiger partial charge in [0, 0.05) is 29.2 Å². The molecule has 0 bridgehead atoms. The van der Waals surface area contributed by atoms with E-state index < -0.39 is 0 Å². The molecule has 1 amide bonds. The number of nitrogens with zero attached hydrogens (tertiary/aromatic N) is 1. The molecule has 6 heteroatoms. The molecule has 3 rings (SSSR count). The molecule has 1 fully saturated rings. The first-order valence-corrected chi connectivity index (χ1v) is 9.15. The summed E-state index contributed by atoms with van der Waals surface area (Å²) in [6, 6.07) is 10.7. The maximum absolute atomic E-state index is 12.3. The Morgan fingerprint density at radius 1 is 1.04 bits per heavy atom. The van der Waals surface area contributed by atoms with Crippen molar-refractivity contribution in [2.75, 3.05) is 23.3 Å². The van der Waals surface area contributed by atoms with Gasteiger partial charge in [0.25, 0.3) is 0 Å². The van der Waals surface area contributed by atoms with E-state index in [0.717, 1.165) is 37.2 Å². The zero-order valence-electron chi connectivity index (χ0n) is 13.4. The highest BCUT2D eigenvalue weighted by molar-refractivity contribution is 6.35. The van der Waals surface area contributed by atoms with Gasteiger partial charge in [-0.15, -0.1) is 0 Å². The first-order valence-electron chi connectivity index (χ1n) is 8.02. The predicted molar refractivity (Wildman–Crippen MR) is 107 cm³/mol. The van der Waals surface area contributed by atoms with Crippen LogP contribution in [0.1, 0.15) is 18.4 Å². The van der Waals surface area contributed by atoms with Crippen LogP contribution in [0.4, 0.5) is 11.4 Å². The van der Waals surface area contributed by atoms with E-state index >= 15 is 0 Å². The molecule has 1 N–H and O–H groups in total. The number of amides is 1. The first kappa shape index (κ1) is 18.1. The second-order valence-electron chi connectivity index (χ2n) is 5.82. The van der Waals surface area contributed by atoms with E-state index in [4.69, 9.17) is 34.8 Å². The maximum atomic E-state index is 12.3. The Balaban J connectivity index is 1.77. The van der Waals surface area contributed by atoms with Gasteiger partial charge in [0.05, 0.1) is 16.4 Å². The van der Waals surface area contributed by atoms with Crippen LogP contribution in [0.5, 0.6) is 0 Å². The lowest BCUT2D eigenvalue weighted by Gasteiger charge is -2.22. The second kappa shape index (κ2) is 8.13. The summed E-state index contributed by atoms with van der Waals surface area (Å²) in [4.78, 5) is 14.5. The highest BCUT2D eigenvalue weighted by Crippen LogP contribution is 2.36. The fraction of sp³-hybridized carbons (Fsp3) is 0.211. The van der Waals surface area contributed by atoms with Crippen LogP contribution in [0.15, 0.2) is 42.5 Å². The fourth-order valence-corrected chi connectivity index (χ4v) is 3.62. The number of para-hydroxylation sites is 1. The minimum atomic E-state index is -0.242. The van der Waals surface area contributed by atoms with Crippen LogP contribution in [-0.2, 0) is 4.79 Å². The van der Waals surface area contributed by atoms with Gasteiger partial charge in [-0.05, 0) is 48.7 Å². The topological polar surface area (TPSA) is 32.3 Å². The van der Waals surface area contributed by atoms with Crippen molar-refractivity contribution >= 4 is 58.2 Å². The van der Waals surface area contributed by atoms with Crippen molar-refractivity contribution in [3.05, 3.63) is 63.1 Å². The number of anilines is 2. The normalized spacial score (nSPS) is 14.3. The van der Waals surface area contributed by atoms with Crippen molar-refractivity contribution < 1.29 is 4.79 Å². The summed E-state index contributed by atoms with van der Waals surface area (Å²) in [7, 11) is 0. The van der Waals surface area contributed by atoms with Crippen LogP contribution in [0.25, 0.3) is 6.08 Å². The molecule has 0 atom stereocenters. The van der Waals surface area contributed by atoms with Gasteiger partial charge in [-0.25, -0.2) is 0 Å². The number of carbonyl (C=O) groups is 1. The Kier molecular flexibility index (Phi) is 5.89. The molecule has 2 aromatic rings. The van der Waals surface area contributed by atoms with E-state index in [9.17, 15) is 4.79 Å². The van der Waals surface area contributed by atoms with E-state index in [1.165, 1.54) is 6.08 Å². The second-order valence-corrected chi connectivity index (χ2v) is 7.07. The molecule has 25 heavy (non-hydrogen) atoms. The number of hydrogen-bond donors (Lipinski definition) is 1. The highest BCUT2D eigenvalue weighted by atomic mass is 35.5. The first-order chi connectivity index (χ1) is 12.0. The van der Waals surface area contributed by atoms with Crippen LogP contribution in [0.2, 0.25) is 15.1 Å². The van der Waals surface area contributed by atoms with Crippen molar-refractivity contribution in [3.8, 4) is 0 Å². The van der Waals surface area contributed by atoms with Gasteiger partial charge < -0.3 is 10.2 Å². The van der Waals surface area contributed by atoms with Crippen LogP contribution in [-0.4, -0.2) is 19.0 Å². The largest absolute Gasteiger partial charge is 0.369 e. The van der Waals surface area contributed by atoms with Crippen LogP contribution < -0.4 is 10.2 Å². The van der Waals surface area contributed by atoms with E-state index in [1.807, 2.05) is 18.2 Å². The Morgan fingerprint density at radius 2 is 1.80 bits per heavy atom. The third-order valence-corrected chi connectivity index (χ3v) is 4.91. The Bertz CT molecular complexity index is 814. The summed E-state index contributed by atoms with van der Waals surface area (Å²) in [6.45, 7) is 1.89. The minimum Gasteiger partial charge on any atom is -0.369 e. The molecule has 130 valence electrons. The van der Waals surface area contributed by atoms with Crippen LogP contribution in [0.3, 0.4) is 0 Å². The van der Waals surface area contributed by atoms with Gasteiger partial charge in [-0.3, -0.25) is 4.79 Å². The van der Waals surface area contributed by atoms with Gasteiger partial charge in [-0.2, -0.15) is 0 Å². The van der Waals surface area contributed by atoms with E-state index in [1.54, 1.807) is 24.3 Å². The fourth-order valence-electron chi connectivity index (χ4n) is 2.85. The Hall–Kier alpha value is -1.68. The summed E-state index contributed by atoms with van der Waals surface area (Å²) in [6.07, 6.45) is 5.37. The third-order valence-electron chi connectivity index (χ3n) is 4.04. The predicted octanol–water partition coefficient (Wildman–Crippen LogP) is 5.90. The quantitative estimate of drug-likeness (QED) is 0.654. The zero-order chi connectivity index (χ0) is 17.8. The molecule has 0 spiro atoms. The number of rotatable bonds is 4. The van der Waals surface area contributed by atoms with Crippen molar-refractivity contribution in [3.63, 3.8) is 0 Å². The molecule has 0 aromatic heterocycles. The van der Waals surface area contributed by atoms with Gasteiger partial charge in [0.15, 0.2) is 0 Å². The number of halogens is 3. The molecule has 1 heterocycles. The molecule has 2 aromatic carbocycles. The number of nitrogens with one attached hydrogen (secondary N) is 1. The third kappa shape index (κ3) is 4.49. The van der Waals surface area contributed by atoms with Crippen molar-refractivity contribution in [1.82, 2.24) is 0 Å². The SMILES string of the molecule is O=C(/C=C/c1ccc(Cl)cc1Cl)Nc1cccc(Cl)c1N1CCCC1. The molecular weight excluding hydrogens is 379 g/mol. The number of benzene rings is 2. The molecule has 0 saturated carbocycles. The van der Waals surface area contributed by atoms with Crippen molar-refractivity contribution in [2.45, 2.75) is 12.8 Å². The van der Waals surface area contributed by atoms with Crippen LogP contribution >= 0.6 is 34.8 Å². The van der Waals surface area contributed by atoms with Crippen molar-refractivity contribution in [1.29, 1.82) is 0 Å². The summed E-state index contributed by atoms with van der Waals surface area (Å²) in [5.74, 6) is -0.242. The molecule has 0 aliphatic carbocycles. The smallest absolute Gasteiger partial charge is 0.248 e. The minimum absolute atomic E-state index is 0.242. The van der Waals surface area contributed by atoms with E-state index in [2.05, 4.69) is 10.2 Å². The molecule has 0 unspecified atom stereocenters. The van der Waals surface area contributed by atoms with Gasteiger partial charge in [0.1, 0.15) is 0 Å². The van der Waals surface area contributed by atoms with E-state index in [-0.39, 0.29) is 5.91 Å². The van der Waals surface area contributed by atoms with Gasteiger partial charge in [0.2, 0.25) is 5.91 Å². The summed E-state index contributed by atoms with van der Waals surface area (Å²) < 4.78 is 0. The van der Waals surface area contributed by atoms with E-state index in [0.29, 0.717) is 20.8 Å². The molecular formula is C19H17Cl3N2O. The summed E-state index contributed by atoms with van der Waals surface area (Å²) >= 11 is 18.4. The standard InChI is InChI=1S/C19H17Cl3N2O/c20-14-8-6-13(16(22)12-14)7-9-18(25)23-17-5-3-4-15(21)19(17)24-10-1-2-11-24/h3-9,12H,1-2,10-11H2,(H,23,25)/b9-7+. The van der Waals surface area contributed by atoms with Gasteiger partial charge >= 0.3 is 0 Å². The summed E-state index contributed by atoms with van der Waals surface area (Å²) in [5.41, 5.74) is 2.33. The molecule has 1 saturated heterocycles. The van der Waals surface area contributed by atoms with Crippen molar-refractivity contribution in [2.24, 2.45) is 0 Å². The average molecular weight is 396 g/mol. The Morgan fingerprint density at radius 3 is 2.52 bits per heavy atom. The van der Waals surface area contributed by atoms with Crippen LogP contribution in [0, 0.1) is 0 Å². The molecule has 1 aliphatic heterocycles. The molecule has 0 radical (unpaired) electrons. The lowest BCUT2D eigenvalue weighted by Crippen LogP contribution is -2.21. The monoisotopic (exact) mass is 394 g/mol. The zero-order valence-corrected chi connectivity index (χ0v) is 15.7. The summed E-state index contributed by atoms with van der Waals surface area (Å²) in [5, 5.41) is 4.60. The number of carbonyl (C=O) groups excluding carboxylic acids is 1.